The second kappa shape index (κ2) is 15.6. The summed E-state index contributed by atoms with van der Waals surface area (Å²) in [6.45, 7) is 5.88. The van der Waals surface area contributed by atoms with Crippen molar-refractivity contribution in [3.05, 3.63) is 78.4 Å². The zero-order valence-corrected chi connectivity index (χ0v) is 28.3. The molecule has 0 aromatic heterocycles. The van der Waals surface area contributed by atoms with E-state index in [1.165, 1.54) is 11.8 Å². The van der Waals surface area contributed by atoms with Crippen molar-refractivity contribution in [2.45, 2.75) is 87.9 Å². The molecule has 5 atom stereocenters. The molecule has 0 spiro atoms. The van der Waals surface area contributed by atoms with Crippen LogP contribution in [-0.4, -0.2) is 61.1 Å². The number of aliphatic hydroxyl groups is 1. The average molecular weight is 654 g/mol. The highest BCUT2D eigenvalue weighted by molar-refractivity contribution is 7.99. The minimum absolute atomic E-state index is 0.00548. The highest BCUT2D eigenvalue weighted by Crippen LogP contribution is 2.35. The van der Waals surface area contributed by atoms with Gasteiger partial charge in [-0.15, -0.1) is 11.8 Å². The topological polar surface area (TPSA) is 125 Å². The van der Waals surface area contributed by atoms with E-state index in [0.29, 0.717) is 12.8 Å². The van der Waals surface area contributed by atoms with Crippen LogP contribution in [0.25, 0.3) is 10.8 Å². The third kappa shape index (κ3) is 10.8. The number of hydrogen-bond acceptors (Lipinski definition) is 6. The minimum atomic E-state index is -3.72. The molecule has 3 aromatic carbocycles. The summed E-state index contributed by atoms with van der Waals surface area (Å²) in [6, 6.07) is 21.7. The largest absolute Gasteiger partial charge is 0.391 e. The van der Waals surface area contributed by atoms with Crippen LogP contribution in [0.4, 0.5) is 0 Å². The van der Waals surface area contributed by atoms with E-state index in [9.17, 15) is 23.1 Å². The van der Waals surface area contributed by atoms with Crippen LogP contribution in [0.15, 0.2) is 77.7 Å². The van der Waals surface area contributed by atoms with Crippen LogP contribution in [0.1, 0.15) is 58.4 Å². The van der Waals surface area contributed by atoms with Crippen LogP contribution in [0.5, 0.6) is 0 Å². The maximum atomic E-state index is 13.8. The zero-order chi connectivity index (χ0) is 32.6. The monoisotopic (exact) mass is 653 g/mol. The van der Waals surface area contributed by atoms with Gasteiger partial charge in [0.25, 0.3) is 0 Å². The molecular weight excluding hydrogens is 607 g/mol. The van der Waals surface area contributed by atoms with Gasteiger partial charge in [-0.3, -0.25) is 9.59 Å². The molecule has 0 radical (unpaired) electrons. The molecule has 3 aromatic rings. The highest BCUT2D eigenvalue weighted by Gasteiger charge is 2.36. The Morgan fingerprint density at radius 2 is 1.62 bits per heavy atom. The van der Waals surface area contributed by atoms with Crippen molar-refractivity contribution in [1.29, 1.82) is 0 Å². The van der Waals surface area contributed by atoms with Crippen LogP contribution < -0.4 is 15.4 Å². The van der Waals surface area contributed by atoms with Crippen molar-refractivity contribution in [1.82, 2.24) is 15.4 Å². The van der Waals surface area contributed by atoms with Crippen LogP contribution in [0, 0.1) is 11.8 Å². The lowest BCUT2D eigenvalue weighted by molar-refractivity contribution is -0.130. The average Bonchev–Trinajstić information content (AvgIpc) is 2.98. The third-order valence-electron chi connectivity index (χ3n) is 8.21. The van der Waals surface area contributed by atoms with Gasteiger partial charge in [-0.05, 0) is 74.8 Å². The second-order valence-electron chi connectivity index (χ2n) is 13.2. The predicted octanol–water partition coefficient (Wildman–Crippen LogP) is 5.05. The van der Waals surface area contributed by atoms with Gasteiger partial charge in [0.05, 0.1) is 18.4 Å². The first-order valence-electron chi connectivity index (χ1n) is 15.7. The lowest BCUT2D eigenvalue weighted by Gasteiger charge is -2.36. The summed E-state index contributed by atoms with van der Waals surface area (Å²) >= 11 is 1.41. The van der Waals surface area contributed by atoms with Crippen molar-refractivity contribution in [3.8, 4) is 0 Å². The van der Waals surface area contributed by atoms with E-state index in [1.54, 1.807) is 0 Å². The summed E-state index contributed by atoms with van der Waals surface area (Å²) in [4.78, 5) is 28.0. The standard InChI is InChI=1S/C35H47N3O5S2/c1-35(2,3)37-33(40)28-19-11-9-16-26(28)22-31(39)29(21-24-13-6-5-7-14-24)36-34(41)30(38-45(4,42)43)23-44-32-20-12-17-25-15-8-10-18-27(25)32/h5-8,10,12-15,17-18,20,26,28-31,38-39H,9,11,16,19,21-23H2,1-4H3,(H,36,41)(H,37,40)/t26?,28?,29-,30+,31+/m0/s1. The van der Waals surface area contributed by atoms with E-state index in [4.69, 9.17) is 0 Å². The van der Waals surface area contributed by atoms with Crippen LogP contribution in [-0.2, 0) is 26.0 Å². The quantitative estimate of drug-likeness (QED) is 0.192. The number of thioether (sulfide) groups is 1. The molecule has 4 N–H and O–H groups in total. The van der Waals surface area contributed by atoms with E-state index < -0.39 is 34.1 Å². The van der Waals surface area contributed by atoms with Crippen molar-refractivity contribution in [2.75, 3.05) is 12.0 Å². The Hall–Kier alpha value is -2.92. The number of aliphatic hydroxyl groups excluding tert-OH is 1. The number of hydrogen-bond donors (Lipinski definition) is 4. The minimum Gasteiger partial charge on any atom is -0.391 e. The van der Waals surface area contributed by atoms with Gasteiger partial charge in [0.15, 0.2) is 0 Å². The predicted molar refractivity (Wildman–Crippen MR) is 182 cm³/mol. The zero-order valence-electron chi connectivity index (χ0n) is 26.7. The number of amides is 2. The van der Waals surface area contributed by atoms with E-state index in [2.05, 4.69) is 15.4 Å². The molecule has 1 aliphatic rings. The van der Waals surface area contributed by atoms with Gasteiger partial charge < -0.3 is 15.7 Å². The van der Waals surface area contributed by atoms with E-state index >= 15 is 0 Å². The Labute approximate surface area is 272 Å². The Morgan fingerprint density at radius 1 is 0.956 bits per heavy atom. The molecular formula is C35H47N3O5S2. The summed E-state index contributed by atoms with van der Waals surface area (Å²) in [5.41, 5.74) is 0.581. The Balaban J connectivity index is 1.53. The van der Waals surface area contributed by atoms with Crippen molar-refractivity contribution in [2.24, 2.45) is 11.8 Å². The number of sulfonamides is 1. The summed E-state index contributed by atoms with van der Waals surface area (Å²) in [6.07, 6.45) is 4.36. The first-order chi connectivity index (χ1) is 21.3. The van der Waals surface area contributed by atoms with Gasteiger partial charge in [-0.25, -0.2) is 13.1 Å². The normalized spacial score (nSPS) is 19.4. The van der Waals surface area contributed by atoms with Gasteiger partial charge in [-0.1, -0.05) is 79.6 Å². The molecule has 2 amide bonds. The SMILES string of the molecule is CC(C)(C)NC(=O)C1CCCCC1C[C@@H](O)[C@H](Cc1ccccc1)NC(=O)[C@@H](CSc1cccc2ccccc12)NS(C)(=O)=O. The van der Waals surface area contributed by atoms with Gasteiger partial charge in [0.1, 0.15) is 6.04 Å². The summed E-state index contributed by atoms with van der Waals surface area (Å²) in [7, 11) is -3.72. The van der Waals surface area contributed by atoms with E-state index in [1.807, 2.05) is 93.6 Å². The highest BCUT2D eigenvalue weighted by atomic mass is 32.2. The number of rotatable bonds is 13. The molecule has 0 bridgehead atoms. The fourth-order valence-corrected chi connectivity index (χ4v) is 8.03. The smallest absolute Gasteiger partial charge is 0.239 e. The van der Waals surface area contributed by atoms with Gasteiger partial charge in [0, 0.05) is 22.1 Å². The van der Waals surface area contributed by atoms with Crippen molar-refractivity contribution < 1.29 is 23.1 Å². The first-order valence-corrected chi connectivity index (χ1v) is 18.6. The molecule has 1 saturated carbocycles. The Kier molecular flexibility index (Phi) is 12.1. The molecule has 8 nitrogen and oxygen atoms in total. The summed E-state index contributed by atoms with van der Waals surface area (Å²) in [5.74, 6) is -0.570. The molecule has 1 aliphatic carbocycles. The molecule has 1 fully saturated rings. The summed E-state index contributed by atoms with van der Waals surface area (Å²) < 4.78 is 27.2. The van der Waals surface area contributed by atoms with E-state index in [-0.39, 0.29) is 29.0 Å². The molecule has 244 valence electrons. The molecule has 0 heterocycles. The maximum Gasteiger partial charge on any atom is 0.239 e. The maximum absolute atomic E-state index is 13.8. The molecule has 10 heteroatoms. The molecule has 4 rings (SSSR count). The number of nitrogens with one attached hydrogen (secondary N) is 3. The van der Waals surface area contributed by atoms with Crippen LogP contribution in [0.2, 0.25) is 0 Å². The fraction of sp³-hybridized carbons (Fsp3) is 0.486. The van der Waals surface area contributed by atoms with Crippen LogP contribution >= 0.6 is 11.8 Å². The fourth-order valence-electron chi connectivity index (χ4n) is 6.12. The molecule has 2 unspecified atom stereocenters. The third-order valence-corrected chi connectivity index (χ3v) is 10.1. The Morgan fingerprint density at radius 3 is 2.33 bits per heavy atom. The van der Waals surface area contributed by atoms with Gasteiger partial charge >= 0.3 is 0 Å². The van der Waals surface area contributed by atoms with Crippen molar-refractivity contribution in [3.63, 3.8) is 0 Å². The van der Waals surface area contributed by atoms with E-state index in [0.717, 1.165) is 53.2 Å². The van der Waals surface area contributed by atoms with Gasteiger partial charge in [0.2, 0.25) is 21.8 Å². The number of carbonyl (C=O) groups excluding carboxylic acids is 2. The molecule has 0 saturated heterocycles. The number of benzene rings is 3. The van der Waals surface area contributed by atoms with Gasteiger partial charge in [-0.2, -0.15) is 0 Å². The van der Waals surface area contributed by atoms with Crippen LogP contribution in [0.3, 0.4) is 0 Å². The second-order valence-corrected chi connectivity index (χ2v) is 16.1. The molecule has 0 aliphatic heterocycles. The van der Waals surface area contributed by atoms with Crippen molar-refractivity contribution >= 4 is 44.4 Å². The number of fused-ring (bicyclic) bond motifs is 1. The number of carbonyl (C=O) groups is 2. The Bertz CT molecular complexity index is 1540. The lowest BCUT2D eigenvalue weighted by Crippen LogP contribution is -2.54. The lowest BCUT2D eigenvalue weighted by atomic mass is 9.74. The first kappa shape index (κ1) is 34.9. The molecule has 45 heavy (non-hydrogen) atoms. The summed E-state index contributed by atoms with van der Waals surface area (Å²) in [5, 5.41) is 19.9.